The third kappa shape index (κ3) is 4.64. The van der Waals surface area contributed by atoms with Crippen molar-refractivity contribution in [3.8, 4) is 23.5 Å². The monoisotopic (exact) mass is 588 g/mol. The Labute approximate surface area is 251 Å². The second-order valence-electron chi connectivity index (χ2n) is 12.9. The van der Waals surface area contributed by atoms with Crippen molar-refractivity contribution >= 4 is 22.0 Å². The number of nitrogens with zero attached hydrogens (tertiary/aromatic N) is 6. The van der Waals surface area contributed by atoms with Gasteiger partial charge >= 0.3 is 0 Å². The normalized spacial score (nSPS) is 26.0. The summed E-state index contributed by atoms with van der Waals surface area (Å²) < 4.78 is 12.5. The summed E-state index contributed by atoms with van der Waals surface area (Å²) in [6.07, 6.45) is 8.70. The molecule has 3 N–H and O–H groups in total. The first kappa shape index (κ1) is 27.6. The van der Waals surface area contributed by atoms with Crippen molar-refractivity contribution in [1.82, 2.24) is 25.3 Å². The molecule has 222 valence electrons. The Bertz CT molecular complexity index is 1520. The third-order valence-electron chi connectivity index (χ3n) is 10.1. The van der Waals surface area contributed by atoms with Crippen molar-refractivity contribution < 1.29 is 9.26 Å². The molecule has 3 aromatic rings. The van der Waals surface area contributed by atoms with Gasteiger partial charge in [-0.05, 0) is 84.9 Å². The average molecular weight is 589 g/mol. The highest BCUT2D eigenvalue weighted by Gasteiger charge is 2.43. The number of aromatic nitrogens is 3. The van der Waals surface area contributed by atoms with E-state index >= 15 is 0 Å². The van der Waals surface area contributed by atoms with Crippen LogP contribution in [-0.2, 0) is 11.8 Å². The zero-order chi connectivity index (χ0) is 29.1. The van der Waals surface area contributed by atoms with Crippen molar-refractivity contribution in [2.75, 3.05) is 43.9 Å². The maximum absolute atomic E-state index is 9.91. The summed E-state index contributed by atoms with van der Waals surface area (Å²) in [5.41, 5.74) is 9.08. The van der Waals surface area contributed by atoms with Crippen molar-refractivity contribution in [2.24, 2.45) is 0 Å². The highest BCUT2D eigenvalue weighted by atomic mass is 32.1. The molecule has 0 unspecified atom stereocenters. The summed E-state index contributed by atoms with van der Waals surface area (Å²) in [7, 11) is 2.17. The van der Waals surface area contributed by atoms with Gasteiger partial charge in [-0.25, -0.2) is 4.98 Å². The Morgan fingerprint density at radius 2 is 2.07 bits per heavy atom. The van der Waals surface area contributed by atoms with Crippen molar-refractivity contribution in [3.05, 3.63) is 34.0 Å². The van der Waals surface area contributed by atoms with E-state index < -0.39 is 5.41 Å². The number of hydrogen-bond acceptors (Lipinski definition) is 11. The highest BCUT2D eigenvalue weighted by Crippen LogP contribution is 2.48. The molecule has 3 aromatic heterocycles. The van der Waals surface area contributed by atoms with Crippen LogP contribution in [0, 0.1) is 11.3 Å². The number of piperazine rings is 1. The molecule has 10 nitrogen and oxygen atoms in total. The molecule has 2 aliphatic heterocycles. The number of pyridine rings is 1. The van der Waals surface area contributed by atoms with Crippen LogP contribution in [0.5, 0.6) is 5.88 Å². The van der Waals surface area contributed by atoms with Gasteiger partial charge in [-0.15, -0.1) is 11.3 Å². The van der Waals surface area contributed by atoms with Crippen LogP contribution in [0.4, 0.5) is 10.7 Å². The fourth-order valence-corrected chi connectivity index (χ4v) is 8.81. The molecule has 0 amide bonds. The largest absolute Gasteiger partial charge is 0.473 e. The molecule has 3 atom stereocenters. The van der Waals surface area contributed by atoms with Gasteiger partial charge < -0.3 is 25.2 Å². The van der Waals surface area contributed by atoms with Gasteiger partial charge in [-0.1, -0.05) is 5.16 Å². The average Bonchev–Trinajstić information content (AvgIpc) is 3.71. The van der Waals surface area contributed by atoms with Gasteiger partial charge in [-0.2, -0.15) is 10.2 Å². The van der Waals surface area contributed by atoms with Gasteiger partial charge in [0.25, 0.3) is 0 Å². The number of nitrogens with two attached hydrogens (primary N) is 1. The van der Waals surface area contributed by atoms with Gasteiger partial charge in [0.05, 0.1) is 11.0 Å². The lowest BCUT2D eigenvalue weighted by Gasteiger charge is -2.50. The highest BCUT2D eigenvalue weighted by molar-refractivity contribution is 7.16. The summed E-state index contributed by atoms with van der Waals surface area (Å²) in [5, 5.41) is 18.7. The Morgan fingerprint density at radius 1 is 1.21 bits per heavy atom. The molecule has 3 fully saturated rings. The fraction of sp³-hybridized carbons (Fsp3) is 0.613. The van der Waals surface area contributed by atoms with Crippen LogP contribution in [0.15, 0.2) is 16.7 Å². The van der Waals surface area contributed by atoms with Crippen molar-refractivity contribution in [1.29, 1.82) is 5.26 Å². The summed E-state index contributed by atoms with van der Waals surface area (Å²) in [6.45, 7) is 8.16. The van der Waals surface area contributed by atoms with Crippen LogP contribution in [0.2, 0.25) is 0 Å². The van der Waals surface area contributed by atoms with Crippen LogP contribution in [0.25, 0.3) is 11.5 Å². The second-order valence-corrected chi connectivity index (χ2v) is 14.0. The third-order valence-corrected chi connectivity index (χ3v) is 11.2. The van der Waals surface area contributed by atoms with Gasteiger partial charge in [0.2, 0.25) is 17.6 Å². The van der Waals surface area contributed by atoms with Crippen LogP contribution in [0.1, 0.15) is 80.7 Å². The minimum atomic E-state index is -0.578. The van der Waals surface area contributed by atoms with E-state index in [1.165, 1.54) is 37.0 Å². The van der Waals surface area contributed by atoms with Crippen LogP contribution in [0.3, 0.4) is 0 Å². The Kier molecular flexibility index (Phi) is 6.91. The molecule has 5 heterocycles. The maximum Gasteiger partial charge on any atom is 0.237 e. The molecule has 7 rings (SSSR count). The molecule has 2 aliphatic carbocycles. The van der Waals surface area contributed by atoms with Crippen molar-refractivity contribution in [2.45, 2.75) is 88.3 Å². The topological polar surface area (TPSA) is 129 Å². The van der Waals surface area contributed by atoms with E-state index in [1.807, 2.05) is 0 Å². The smallest absolute Gasteiger partial charge is 0.237 e. The first-order valence-corrected chi connectivity index (χ1v) is 16.2. The lowest BCUT2D eigenvalue weighted by atomic mass is 9.72. The number of nitrogen functional groups attached to an aromatic ring is 1. The summed E-state index contributed by atoms with van der Waals surface area (Å²) >= 11 is 1.51. The minimum absolute atomic E-state index is 0.00273. The van der Waals surface area contributed by atoms with E-state index in [1.54, 1.807) is 0 Å². The predicted octanol–water partition coefficient (Wildman–Crippen LogP) is 4.48. The van der Waals surface area contributed by atoms with Gasteiger partial charge in [0.1, 0.15) is 22.9 Å². The number of aryl methyl sites for hydroxylation is 1. The fourth-order valence-electron chi connectivity index (χ4n) is 7.62. The molecular formula is C31H40N8O2S. The van der Waals surface area contributed by atoms with Gasteiger partial charge in [0.15, 0.2) is 0 Å². The Hall–Kier alpha value is -3.20. The molecule has 4 aliphatic rings. The molecule has 11 heteroatoms. The Balaban J connectivity index is 1.25. The lowest BCUT2D eigenvalue weighted by Crippen LogP contribution is -2.64. The minimum Gasteiger partial charge on any atom is -0.473 e. The lowest BCUT2D eigenvalue weighted by molar-refractivity contribution is 0.117. The summed E-state index contributed by atoms with van der Waals surface area (Å²) in [6, 6.07) is 6.85. The number of ether oxygens (including phenoxy) is 1. The van der Waals surface area contributed by atoms with E-state index in [0.29, 0.717) is 39.9 Å². The molecule has 2 saturated heterocycles. The molecule has 0 radical (unpaired) electrons. The molecular weight excluding hydrogens is 548 g/mol. The first-order valence-electron chi connectivity index (χ1n) is 15.3. The first-order chi connectivity index (χ1) is 20.3. The van der Waals surface area contributed by atoms with E-state index in [2.05, 4.69) is 59.4 Å². The maximum atomic E-state index is 9.91. The van der Waals surface area contributed by atoms with Crippen LogP contribution in [-0.4, -0.2) is 70.9 Å². The molecule has 42 heavy (non-hydrogen) atoms. The molecule has 1 spiro atoms. The molecule has 1 saturated carbocycles. The van der Waals surface area contributed by atoms with E-state index in [9.17, 15) is 5.26 Å². The molecule has 0 aromatic carbocycles. The SMILES string of the molecule is C[C@H](Oc1cc(N2CCNC3(CCC3)C2)cc(-c2noc([C@@]3(C)CCCc4sc(N)c(C#N)c43)n2)n1)[C@@H]1CCCN1C. The standard InChI is InChI=1S/C31H40N8O2S/c1-19(23-7-5-13-38(23)3)40-25-16-20(39-14-12-34-31(18-39)10-6-11-31)15-22(35-25)28-36-29(41-37-28)30(2)9-4-8-24-26(30)21(17-32)27(33)42-24/h15-16,19,23,34H,4-14,18,33H2,1-3H3/t19-,23-,30-/m0/s1. The van der Waals surface area contributed by atoms with Gasteiger partial charge in [-0.3, -0.25) is 4.90 Å². The number of likely N-dealkylation sites (tertiary alicyclic amines) is 1. The number of nitrogens with one attached hydrogen (secondary N) is 1. The number of anilines is 2. The summed E-state index contributed by atoms with van der Waals surface area (Å²) in [4.78, 5) is 15.8. The molecule has 0 bridgehead atoms. The Morgan fingerprint density at radius 3 is 2.81 bits per heavy atom. The van der Waals surface area contributed by atoms with Crippen LogP contribution >= 0.6 is 11.3 Å². The zero-order valence-electron chi connectivity index (χ0n) is 24.8. The van der Waals surface area contributed by atoms with Gasteiger partial charge in [0, 0.05) is 53.4 Å². The predicted molar refractivity (Wildman–Crippen MR) is 163 cm³/mol. The van der Waals surface area contributed by atoms with Crippen LogP contribution < -0.4 is 20.7 Å². The van der Waals surface area contributed by atoms with E-state index in [-0.39, 0.29) is 11.6 Å². The zero-order valence-corrected chi connectivity index (χ0v) is 25.6. The van der Waals surface area contributed by atoms with Crippen molar-refractivity contribution in [3.63, 3.8) is 0 Å². The van der Waals surface area contributed by atoms with E-state index in [0.717, 1.165) is 68.0 Å². The number of likely N-dealkylation sites (N-methyl/N-ethyl adjacent to an activating group) is 1. The van der Waals surface area contributed by atoms with E-state index in [4.69, 9.17) is 25.0 Å². The number of nitriles is 1. The number of rotatable bonds is 6. The second kappa shape index (κ2) is 10.5. The number of thiophene rings is 1. The number of fused-ring (bicyclic) bond motifs is 1. The number of hydrogen-bond donors (Lipinski definition) is 2. The summed E-state index contributed by atoms with van der Waals surface area (Å²) in [5.74, 6) is 1.52. The quantitative estimate of drug-likeness (QED) is 0.425.